The molecule has 0 unspecified atom stereocenters. The molecule has 1 fully saturated rings. The summed E-state index contributed by atoms with van der Waals surface area (Å²) in [5.41, 5.74) is 0.683. The van der Waals surface area contributed by atoms with Crippen molar-refractivity contribution in [3.63, 3.8) is 0 Å². The van der Waals surface area contributed by atoms with Gasteiger partial charge in [-0.15, -0.1) is 6.42 Å². The molecule has 0 aromatic heterocycles. The number of sulfone groups is 1. The van der Waals surface area contributed by atoms with Crippen LogP contribution in [0.2, 0.25) is 19.6 Å². The molecular weight excluding hydrogens is 481 g/mol. The van der Waals surface area contributed by atoms with Crippen molar-refractivity contribution in [1.82, 2.24) is 4.90 Å². The molecule has 0 aliphatic carbocycles. The van der Waals surface area contributed by atoms with E-state index < -0.39 is 29.7 Å². The molecule has 34 heavy (non-hydrogen) atoms. The number of hydrogen-bond acceptors (Lipinski definition) is 4. The molecule has 1 amide bonds. The SMILES string of the molecule is C#Cc1cc(S(C)(=O)=O)cc(C(=O)N2CCN(c3ccc(C(F)(F)F)cc3)CC2)c1[Si](C)(C)C. The number of alkyl halides is 3. The lowest BCUT2D eigenvalue weighted by molar-refractivity contribution is -0.137. The van der Waals surface area contributed by atoms with E-state index in [2.05, 4.69) is 5.92 Å². The van der Waals surface area contributed by atoms with Gasteiger partial charge in [-0.05, 0) is 41.6 Å². The molecule has 10 heteroatoms. The lowest BCUT2D eigenvalue weighted by Crippen LogP contribution is -2.51. The van der Waals surface area contributed by atoms with Gasteiger partial charge in [0.15, 0.2) is 9.84 Å². The van der Waals surface area contributed by atoms with Crippen LogP contribution >= 0.6 is 0 Å². The van der Waals surface area contributed by atoms with E-state index in [0.29, 0.717) is 43.0 Å². The Labute approximate surface area is 199 Å². The van der Waals surface area contributed by atoms with Crippen molar-refractivity contribution in [2.75, 3.05) is 37.3 Å². The second kappa shape index (κ2) is 9.11. The predicted molar refractivity (Wildman–Crippen MR) is 130 cm³/mol. The van der Waals surface area contributed by atoms with Crippen LogP contribution < -0.4 is 10.1 Å². The van der Waals surface area contributed by atoms with Crippen LogP contribution in [-0.4, -0.2) is 59.7 Å². The summed E-state index contributed by atoms with van der Waals surface area (Å²) in [7, 11) is -5.71. The van der Waals surface area contributed by atoms with Crippen LogP contribution in [0.1, 0.15) is 21.5 Å². The Balaban J connectivity index is 1.88. The smallest absolute Gasteiger partial charge is 0.368 e. The second-order valence-electron chi connectivity index (χ2n) is 9.38. The third kappa shape index (κ3) is 5.47. The molecule has 3 rings (SSSR count). The number of carbonyl (C=O) groups is 1. The maximum Gasteiger partial charge on any atom is 0.416 e. The van der Waals surface area contributed by atoms with Gasteiger partial charge in [-0.25, -0.2) is 8.42 Å². The molecule has 1 aliphatic heterocycles. The third-order valence-electron chi connectivity index (χ3n) is 5.80. The number of halogens is 3. The summed E-state index contributed by atoms with van der Waals surface area (Å²) in [6.07, 6.45) is 2.39. The van der Waals surface area contributed by atoms with Gasteiger partial charge >= 0.3 is 6.18 Å². The monoisotopic (exact) mass is 508 g/mol. The van der Waals surface area contributed by atoms with Crippen molar-refractivity contribution in [3.8, 4) is 12.3 Å². The second-order valence-corrected chi connectivity index (χ2v) is 16.4. The zero-order valence-electron chi connectivity index (χ0n) is 19.5. The fraction of sp³-hybridized carbons (Fsp3) is 0.375. The van der Waals surface area contributed by atoms with E-state index in [0.717, 1.165) is 23.6 Å². The fourth-order valence-corrected chi connectivity index (χ4v) is 6.72. The summed E-state index contributed by atoms with van der Waals surface area (Å²) in [5.74, 6) is 2.28. The Morgan fingerprint density at radius 3 is 2.03 bits per heavy atom. The number of amides is 1. The molecule has 182 valence electrons. The Morgan fingerprint density at radius 1 is 1.03 bits per heavy atom. The zero-order chi connectivity index (χ0) is 25.5. The van der Waals surface area contributed by atoms with Crippen molar-refractivity contribution in [2.24, 2.45) is 0 Å². The van der Waals surface area contributed by atoms with Gasteiger partial charge in [0.25, 0.3) is 5.91 Å². The number of anilines is 1. The van der Waals surface area contributed by atoms with Crippen molar-refractivity contribution in [1.29, 1.82) is 0 Å². The van der Waals surface area contributed by atoms with Crippen LogP contribution in [0.25, 0.3) is 0 Å². The summed E-state index contributed by atoms with van der Waals surface area (Å²) in [5, 5.41) is 0.748. The topological polar surface area (TPSA) is 57.7 Å². The molecule has 0 atom stereocenters. The lowest BCUT2D eigenvalue weighted by Gasteiger charge is -2.37. The first-order valence-corrected chi connectivity index (χ1v) is 16.1. The molecule has 2 aromatic carbocycles. The van der Waals surface area contributed by atoms with E-state index in [4.69, 9.17) is 6.42 Å². The largest absolute Gasteiger partial charge is 0.416 e. The summed E-state index contributed by atoms with van der Waals surface area (Å²) in [4.78, 5) is 17.1. The minimum Gasteiger partial charge on any atom is -0.368 e. The van der Waals surface area contributed by atoms with Gasteiger partial charge in [-0.3, -0.25) is 4.79 Å². The average Bonchev–Trinajstić information content (AvgIpc) is 2.76. The molecule has 0 radical (unpaired) electrons. The minimum atomic E-state index is -4.39. The highest BCUT2D eigenvalue weighted by Gasteiger charge is 2.33. The van der Waals surface area contributed by atoms with Gasteiger partial charge in [-0.1, -0.05) is 25.6 Å². The average molecular weight is 509 g/mol. The van der Waals surface area contributed by atoms with Crippen LogP contribution in [0, 0.1) is 12.3 Å². The number of piperazine rings is 1. The highest BCUT2D eigenvalue weighted by Crippen LogP contribution is 2.31. The van der Waals surface area contributed by atoms with Gasteiger partial charge < -0.3 is 9.80 Å². The molecule has 1 aliphatic rings. The zero-order valence-corrected chi connectivity index (χ0v) is 21.3. The molecule has 1 saturated heterocycles. The molecule has 0 N–H and O–H groups in total. The number of terminal acetylenes is 1. The van der Waals surface area contributed by atoms with E-state index >= 15 is 0 Å². The van der Waals surface area contributed by atoms with Crippen LogP contribution in [0.3, 0.4) is 0 Å². The molecule has 0 spiro atoms. The number of carbonyl (C=O) groups excluding carboxylic acids is 1. The predicted octanol–water partition coefficient (Wildman–Crippen LogP) is 3.60. The van der Waals surface area contributed by atoms with Crippen LogP contribution in [0.5, 0.6) is 0 Å². The molecule has 2 aromatic rings. The molecule has 5 nitrogen and oxygen atoms in total. The van der Waals surface area contributed by atoms with Crippen molar-refractivity contribution in [2.45, 2.75) is 30.7 Å². The first kappa shape index (κ1) is 25.8. The van der Waals surface area contributed by atoms with Crippen LogP contribution in [-0.2, 0) is 16.0 Å². The van der Waals surface area contributed by atoms with Crippen LogP contribution in [0.4, 0.5) is 18.9 Å². The Kier molecular flexibility index (Phi) is 6.93. The number of nitrogens with zero attached hydrogens (tertiary/aromatic N) is 2. The van der Waals surface area contributed by atoms with E-state index in [1.54, 1.807) is 4.90 Å². The van der Waals surface area contributed by atoms with E-state index in [-0.39, 0.29) is 10.8 Å². The van der Waals surface area contributed by atoms with Crippen molar-refractivity contribution >= 4 is 34.7 Å². The van der Waals surface area contributed by atoms with Crippen LogP contribution in [0.15, 0.2) is 41.3 Å². The highest BCUT2D eigenvalue weighted by atomic mass is 32.2. The fourth-order valence-electron chi connectivity index (χ4n) is 4.12. The van der Waals surface area contributed by atoms with Gasteiger partial charge in [0.2, 0.25) is 0 Å². The minimum absolute atomic E-state index is 0.00851. The quantitative estimate of drug-likeness (QED) is 0.468. The summed E-state index contributed by atoms with van der Waals surface area (Å²) in [6.45, 7) is 7.70. The first-order valence-electron chi connectivity index (χ1n) is 10.7. The van der Waals surface area contributed by atoms with Crippen molar-refractivity contribution < 1.29 is 26.4 Å². The van der Waals surface area contributed by atoms with E-state index in [9.17, 15) is 26.4 Å². The standard InChI is InChI=1S/C24H27F3N2O3SSi/c1-6-17-15-20(33(2,31)32)16-21(22(17)34(3,4)5)23(30)29-13-11-28(12-14-29)19-9-7-18(8-10-19)24(25,26)27/h1,7-10,15-16H,11-14H2,2-5H3. The molecular formula is C24H27F3N2O3SSi. The van der Waals surface area contributed by atoms with Gasteiger partial charge in [0.05, 0.1) is 18.5 Å². The van der Waals surface area contributed by atoms with E-state index in [1.165, 1.54) is 24.3 Å². The molecule has 1 heterocycles. The summed E-state index contributed by atoms with van der Waals surface area (Å²) < 4.78 is 63.0. The van der Waals surface area contributed by atoms with Crippen molar-refractivity contribution in [3.05, 3.63) is 53.1 Å². The Morgan fingerprint density at radius 2 is 1.59 bits per heavy atom. The van der Waals surface area contributed by atoms with Gasteiger partial charge in [-0.2, -0.15) is 13.2 Å². The van der Waals surface area contributed by atoms with E-state index in [1.807, 2.05) is 24.5 Å². The normalized spacial score (nSPS) is 15.2. The Hall–Kier alpha value is -2.77. The number of hydrogen-bond donors (Lipinski definition) is 0. The lowest BCUT2D eigenvalue weighted by atomic mass is 10.1. The van der Waals surface area contributed by atoms with Gasteiger partial charge in [0, 0.05) is 49.2 Å². The summed E-state index contributed by atoms with van der Waals surface area (Å²) >= 11 is 0. The maximum absolute atomic E-state index is 13.6. The number of rotatable bonds is 4. The highest BCUT2D eigenvalue weighted by molar-refractivity contribution is 7.90. The maximum atomic E-state index is 13.6. The van der Waals surface area contributed by atoms with Gasteiger partial charge in [0.1, 0.15) is 0 Å². The first-order chi connectivity index (χ1) is 15.6. The number of benzene rings is 2. The Bertz CT molecular complexity index is 1240. The summed E-state index contributed by atoms with van der Waals surface area (Å²) in [6, 6.07) is 7.84. The molecule has 0 saturated carbocycles. The third-order valence-corrected chi connectivity index (χ3v) is 8.93. The molecule has 0 bridgehead atoms.